The van der Waals surface area contributed by atoms with Crippen molar-refractivity contribution in [1.29, 1.82) is 5.26 Å². The van der Waals surface area contributed by atoms with Gasteiger partial charge in [-0.25, -0.2) is 9.50 Å². The summed E-state index contributed by atoms with van der Waals surface area (Å²) < 4.78 is 1.70. The fraction of sp³-hybridized carbons (Fsp3) is 0.200. The number of imidazole rings is 1. The standard InChI is InChI=1S/C25H22ClN5O/c1-15-5-7-17(12-21(15)29-24(32)25(2,3)4)22-14-31-23(28-22)10-9-20(30-31)18-8-6-16(13-27)11-19(18)26/h5-12,14H,1-4H3,(H,29,32). The summed E-state index contributed by atoms with van der Waals surface area (Å²) in [7, 11) is 0. The summed E-state index contributed by atoms with van der Waals surface area (Å²) in [6.07, 6.45) is 1.84. The smallest absolute Gasteiger partial charge is 0.229 e. The molecule has 32 heavy (non-hydrogen) atoms. The van der Waals surface area contributed by atoms with Gasteiger partial charge in [-0.2, -0.15) is 10.4 Å². The number of nitrogens with zero attached hydrogens (tertiary/aromatic N) is 4. The Balaban J connectivity index is 1.70. The number of anilines is 1. The summed E-state index contributed by atoms with van der Waals surface area (Å²) >= 11 is 6.35. The highest BCUT2D eigenvalue weighted by Crippen LogP contribution is 2.29. The van der Waals surface area contributed by atoms with Crippen molar-refractivity contribution in [2.24, 2.45) is 5.41 Å². The Morgan fingerprint density at radius 3 is 2.56 bits per heavy atom. The van der Waals surface area contributed by atoms with Crippen molar-refractivity contribution >= 4 is 28.8 Å². The molecule has 4 aromatic rings. The number of hydrogen-bond donors (Lipinski definition) is 1. The summed E-state index contributed by atoms with van der Waals surface area (Å²) in [6, 6.07) is 16.8. The van der Waals surface area contributed by atoms with Crippen molar-refractivity contribution in [2.75, 3.05) is 5.32 Å². The van der Waals surface area contributed by atoms with Crippen LogP contribution in [0.25, 0.3) is 28.2 Å². The van der Waals surface area contributed by atoms with Crippen molar-refractivity contribution in [1.82, 2.24) is 14.6 Å². The van der Waals surface area contributed by atoms with Crippen LogP contribution >= 0.6 is 11.6 Å². The fourth-order valence-electron chi connectivity index (χ4n) is 3.18. The van der Waals surface area contributed by atoms with E-state index in [2.05, 4.69) is 21.5 Å². The van der Waals surface area contributed by atoms with E-state index in [1.165, 1.54) is 0 Å². The Morgan fingerprint density at radius 2 is 1.88 bits per heavy atom. The highest BCUT2D eigenvalue weighted by Gasteiger charge is 2.22. The number of carbonyl (C=O) groups is 1. The third kappa shape index (κ3) is 4.20. The van der Waals surface area contributed by atoms with Crippen molar-refractivity contribution < 1.29 is 4.79 Å². The summed E-state index contributed by atoms with van der Waals surface area (Å²) in [5.74, 6) is -0.0432. The number of nitriles is 1. The number of benzene rings is 2. The Morgan fingerprint density at radius 1 is 1.09 bits per heavy atom. The van der Waals surface area contributed by atoms with E-state index in [1.54, 1.807) is 22.7 Å². The first kappa shape index (κ1) is 21.5. The van der Waals surface area contributed by atoms with Gasteiger partial charge in [-0.05, 0) is 48.9 Å². The van der Waals surface area contributed by atoms with E-state index in [-0.39, 0.29) is 5.91 Å². The van der Waals surface area contributed by atoms with Crippen LogP contribution in [0.1, 0.15) is 31.9 Å². The van der Waals surface area contributed by atoms with Crippen LogP contribution in [0.2, 0.25) is 5.02 Å². The Bertz CT molecular complexity index is 1390. The quantitative estimate of drug-likeness (QED) is 0.428. The maximum absolute atomic E-state index is 12.4. The Hall–Kier alpha value is -3.69. The number of amides is 1. The van der Waals surface area contributed by atoms with Gasteiger partial charge in [-0.1, -0.05) is 44.5 Å². The van der Waals surface area contributed by atoms with Crippen LogP contribution in [0, 0.1) is 23.7 Å². The second-order valence-corrected chi connectivity index (χ2v) is 9.09. The van der Waals surface area contributed by atoms with Gasteiger partial charge in [0.25, 0.3) is 0 Å². The highest BCUT2D eigenvalue weighted by atomic mass is 35.5. The molecule has 1 amide bonds. The highest BCUT2D eigenvalue weighted by molar-refractivity contribution is 6.33. The lowest BCUT2D eigenvalue weighted by Crippen LogP contribution is -2.27. The van der Waals surface area contributed by atoms with Crippen LogP contribution < -0.4 is 5.32 Å². The summed E-state index contributed by atoms with van der Waals surface area (Å²) in [5.41, 5.74) is 5.48. The molecule has 0 atom stereocenters. The molecule has 0 unspecified atom stereocenters. The van der Waals surface area contributed by atoms with Gasteiger partial charge in [0, 0.05) is 22.2 Å². The van der Waals surface area contributed by atoms with Gasteiger partial charge in [0.05, 0.1) is 34.2 Å². The molecule has 7 heteroatoms. The molecule has 0 saturated heterocycles. The molecule has 0 aliphatic carbocycles. The maximum Gasteiger partial charge on any atom is 0.229 e. The third-order valence-electron chi connectivity index (χ3n) is 5.16. The monoisotopic (exact) mass is 443 g/mol. The zero-order valence-electron chi connectivity index (χ0n) is 18.3. The number of hydrogen-bond acceptors (Lipinski definition) is 4. The number of aromatic nitrogens is 3. The van der Waals surface area contributed by atoms with E-state index in [0.717, 1.165) is 28.1 Å². The van der Waals surface area contributed by atoms with E-state index >= 15 is 0 Å². The SMILES string of the molecule is Cc1ccc(-c2cn3nc(-c4ccc(C#N)cc4Cl)ccc3n2)cc1NC(=O)C(C)(C)C. The van der Waals surface area contributed by atoms with Gasteiger partial charge >= 0.3 is 0 Å². The molecule has 6 nitrogen and oxygen atoms in total. The van der Waals surface area contributed by atoms with Gasteiger partial charge < -0.3 is 5.32 Å². The molecule has 2 heterocycles. The third-order valence-corrected chi connectivity index (χ3v) is 5.47. The van der Waals surface area contributed by atoms with E-state index in [0.29, 0.717) is 21.9 Å². The number of aryl methyl sites for hydroxylation is 1. The first-order valence-corrected chi connectivity index (χ1v) is 10.5. The van der Waals surface area contributed by atoms with Crippen molar-refractivity contribution in [3.8, 4) is 28.6 Å². The molecule has 0 spiro atoms. The van der Waals surface area contributed by atoms with Gasteiger partial charge in [-0.3, -0.25) is 4.79 Å². The largest absolute Gasteiger partial charge is 0.325 e. The Kier molecular flexibility index (Phi) is 5.45. The van der Waals surface area contributed by atoms with Crippen LogP contribution in [0.5, 0.6) is 0 Å². The molecule has 4 rings (SSSR count). The molecule has 0 aliphatic heterocycles. The molecule has 160 valence electrons. The number of halogens is 1. The van der Waals surface area contributed by atoms with Crippen molar-refractivity contribution in [3.63, 3.8) is 0 Å². The lowest BCUT2D eigenvalue weighted by atomic mass is 9.95. The lowest BCUT2D eigenvalue weighted by molar-refractivity contribution is -0.123. The van der Waals surface area contributed by atoms with Crippen molar-refractivity contribution in [3.05, 3.63) is 70.9 Å². The first-order chi connectivity index (χ1) is 15.2. The van der Waals surface area contributed by atoms with E-state index in [1.807, 2.05) is 64.2 Å². The summed E-state index contributed by atoms with van der Waals surface area (Å²) in [5, 5.41) is 17.2. The van der Waals surface area contributed by atoms with E-state index in [4.69, 9.17) is 16.9 Å². The van der Waals surface area contributed by atoms with Gasteiger partial charge in [0.15, 0.2) is 5.65 Å². The molecular weight excluding hydrogens is 422 g/mol. The zero-order chi connectivity index (χ0) is 23.0. The molecule has 0 fully saturated rings. The molecule has 0 saturated carbocycles. The van der Waals surface area contributed by atoms with Crippen molar-refractivity contribution in [2.45, 2.75) is 27.7 Å². The van der Waals surface area contributed by atoms with Crippen LogP contribution in [-0.4, -0.2) is 20.5 Å². The summed E-state index contributed by atoms with van der Waals surface area (Å²) in [4.78, 5) is 17.1. The minimum atomic E-state index is -0.488. The minimum Gasteiger partial charge on any atom is -0.325 e. The fourth-order valence-corrected chi connectivity index (χ4v) is 3.46. The number of rotatable bonds is 3. The number of carbonyl (C=O) groups excluding carboxylic acids is 1. The number of fused-ring (bicyclic) bond motifs is 1. The first-order valence-electron chi connectivity index (χ1n) is 10.1. The molecular formula is C25H22ClN5O. The predicted molar refractivity (Wildman–Crippen MR) is 126 cm³/mol. The minimum absolute atomic E-state index is 0.0432. The topological polar surface area (TPSA) is 83.1 Å². The molecule has 2 aromatic heterocycles. The summed E-state index contributed by atoms with van der Waals surface area (Å²) in [6.45, 7) is 7.61. The second-order valence-electron chi connectivity index (χ2n) is 8.69. The average Bonchev–Trinajstić information content (AvgIpc) is 3.17. The average molecular weight is 444 g/mol. The van der Waals surface area contributed by atoms with Gasteiger partial charge in [0.2, 0.25) is 5.91 Å². The second kappa shape index (κ2) is 8.10. The Labute approximate surface area is 191 Å². The zero-order valence-corrected chi connectivity index (χ0v) is 19.0. The molecule has 2 aromatic carbocycles. The maximum atomic E-state index is 12.4. The van der Waals surface area contributed by atoms with Crippen LogP contribution in [0.15, 0.2) is 54.7 Å². The van der Waals surface area contributed by atoms with Gasteiger partial charge in [0.1, 0.15) is 0 Å². The van der Waals surface area contributed by atoms with Gasteiger partial charge in [-0.15, -0.1) is 0 Å². The van der Waals surface area contributed by atoms with Crippen LogP contribution in [0.3, 0.4) is 0 Å². The normalized spacial score (nSPS) is 11.4. The van der Waals surface area contributed by atoms with E-state index in [9.17, 15) is 4.79 Å². The molecule has 0 bridgehead atoms. The molecule has 1 N–H and O–H groups in total. The van der Waals surface area contributed by atoms with E-state index < -0.39 is 5.41 Å². The molecule has 0 aliphatic rings. The molecule has 0 radical (unpaired) electrons. The predicted octanol–water partition coefficient (Wildman–Crippen LogP) is 5.88. The lowest BCUT2D eigenvalue weighted by Gasteiger charge is -2.19. The number of nitrogens with one attached hydrogen (secondary N) is 1. The van der Waals surface area contributed by atoms with Crippen LogP contribution in [-0.2, 0) is 4.79 Å². The van der Waals surface area contributed by atoms with Crippen LogP contribution in [0.4, 0.5) is 5.69 Å².